The molecule has 96 valence electrons. The van der Waals surface area contributed by atoms with Crippen molar-refractivity contribution >= 4 is 11.6 Å². The van der Waals surface area contributed by atoms with E-state index in [1.807, 2.05) is 42.6 Å². The Balaban J connectivity index is 2.08. The summed E-state index contributed by atoms with van der Waals surface area (Å²) in [7, 11) is 0. The van der Waals surface area contributed by atoms with Crippen LogP contribution in [0.1, 0.15) is 12.5 Å². The second kappa shape index (κ2) is 4.39. The van der Waals surface area contributed by atoms with E-state index in [9.17, 15) is 0 Å². The molecule has 1 atom stereocenters. The molecule has 1 aromatic heterocycles. The summed E-state index contributed by atoms with van der Waals surface area (Å²) in [5, 5.41) is 0. The van der Waals surface area contributed by atoms with Gasteiger partial charge < -0.3 is 10.6 Å². The lowest BCUT2D eigenvalue weighted by Gasteiger charge is -2.36. The van der Waals surface area contributed by atoms with Crippen LogP contribution in [0.15, 0.2) is 59.9 Å². The molecule has 0 bridgehead atoms. The van der Waals surface area contributed by atoms with E-state index in [0.717, 1.165) is 11.3 Å². The average molecular weight is 252 g/mol. The van der Waals surface area contributed by atoms with Crippen LogP contribution in [0, 0.1) is 0 Å². The Morgan fingerprint density at radius 2 is 1.95 bits per heavy atom. The number of nitrogens with two attached hydrogens (primary N) is 1. The summed E-state index contributed by atoms with van der Waals surface area (Å²) in [6.07, 6.45) is 3.66. The minimum atomic E-state index is -0.278. The van der Waals surface area contributed by atoms with Crippen LogP contribution in [0.5, 0.6) is 0 Å². The highest BCUT2D eigenvalue weighted by Crippen LogP contribution is 2.36. The van der Waals surface area contributed by atoms with Gasteiger partial charge in [-0.2, -0.15) is 0 Å². The molecule has 2 N–H and O–H groups in total. The number of benzene rings is 1. The SMILES string of the molecule is CC1(c2cccnc2)CN=C(N)N1c1ccccc1. The number of anilines is 1. The van der Waals surface area contributed by atoms with Crippen LogP contribution in [0.3, 0.4) is 0 Å². The summed E-state index contributed by atoms with van der Waals surface area (Å²) in [6.45, 7) is 2.78. The zero-order chi connectivity index (χ0) is 13.3. The van der Waals surface area contributed by atoms with Crippen LogP contribution in [0.25, 0.3) is 0 Å². The van der Waals surface area contributed by atoms with Gasteiger partial charge in [0.05, 0.1) is 12.1 Å². The Morgan fingerprint density at radius 1 is 1.16 bits per heavy atom. The molecule has 0 saturated heterocycles. The molecular formula is C15H16N4. The van der Waals surface area contributed by atoms with Crippen molar-refractivity contribution in [3.05, 3.63) is 60.4 Å². The van der Waals surface area contributed by atoms with E-state index < -0.39 is 0 Å². The van der Waals surface area contributed by atoms with Crippen LogP contribution in [0.4, 0.5) is 5.69 Å². The van der Waals surface area contributed by atoms with Crippen LogP contribution >= 0.6 is 0 Å². The maximum absolute atomic E-state index is 6.08. The van der Waals surface area contributed by atoms with Gasteiger partial charge in [0.2, 0.25) is 0 Å². The minimum Gasteiger partial charge on any atom is -0.369 e. The molecule has 2 heterocycles. The molecule has 4 nitrogen and oxygen atoms in total. The summed E-state index contributed by atoms with van der Waals surface area (Å²) in [6, 6.07) is 14.1. The fourth-order valence-corrected chi connectivity index (χ4v) is 2.53. The van der Waals surface area contributed by atoms with Gasteiger partial charge in [-0.1, -0.05) is 24.3 Å². The first-order valence-corrected chi connectivity index (χ1v) is 6.27. The van der Waals surface area contributed by atoms with Gasteiger partial charge in [0.1, 0.15) is 0 Å². The molecule has 1 unspecified atom stereocenters. The predicted octanol–water partition coefficient (Wildman–Crippen LogP) is 2.13. The highest BCUT2D eigenvalue weighted by molar-refractivity contribution is 5.98. The molecule has 0 spiro atoms. The lowest BCUT2D eigenvalue weighted by atomic mass is 9.92. The van der Waals surface area contributed by atoms with Gasteiger partial charge in [-0.05, 0) is 30.7 Å². The molecule has 3 rings (SSSR count). The zero-order valence-electron chi connectivity index (χ0n) is 10.8. The fraction of sp³-hybridized carbons (Fsp3) is 0.200. The highest BCUT2D eigenvalue weighted by atomic mass is 15.4. The Bertz CT molecular complexity index is 594. The average Bonchev–Trinajstić information content (AvgIpc) is 2.78. The number of hydrogen-bond acceptors (Lipinski definition) is 4. The maximum atomic E-state index is 6.08. The van der Waals surface area contributed by atoms with Crippen molar-refractivity contribution in [2.24, 2.45) is 10.7 Å². The minimum absolute atomic E-state index is 0.278. The van der Waals surface area contributed by atoms with Crippen LogP contribution in [-0.4, -0.2) is 17.5 Å². The number of guanidine groups is 1. The number of pyridine rings is 1. The maximum Gasteiger partial charge on any atom is 0.196 e. The van der Waals surface area contributed by atoms with E-state index in [1.54, 1.807) is 6.20 Å². The number of para-hydroxylation sites is 1. The number of aromatic nitrogens is 1. The van der Waals surface area contributed by atoms with E-state index in [4.69, 9.17) is 5.73 Å². The summed E-state index contributed by atoms with van der Waals surface area (Å²) in [5.41, 5.74) is 7.96. The van der Waals surface area contributed by atoms with Gasteiger partial charge in [0, 0.05) is 18.1 Å². The van der Waals surface area contributed by atoms with E-state index in [1.165, 1.54) is 0 Å². The quantitative estimate of drug-likeness (QED) is 0.890. The first-order chi connectivity index (χ1) is 9.22. The van der Waals surface area contributed by atoms with E-state index >= 15 is 0 Å². The first-order valence-electron chi connectivity index (χ1n) is 6.27. The standard InChI is InChI=1S/C15H16N4/c1-15(12-6-5-9-17-10-12)11-18-14(16)19(15)13-7-3-2-4-8-13/h2-10H,11H2,1H3,(H2,16,18). The third-order valence-corrected chi connectivity index (χ3v) is 3.57. The van der Waals surface area contributed by atoms with E-state index in [-0.39, 0.29) is 5.54 Å². The molecule has 2 aromatic rings. The summed E-state index contributed by atoms with van der Waals surface area (Å²) in [5.74, 6) is 0.553. The number of aliphatic imine (C=N–C) groups is 1. The molecule has 1 aromatic carbocycles. The Morgan fingerprint density at radius 3 is 2.63 bits per heavy atom. The monoisotopic (exact) mass is 252 g/mol. The number of hydrogen-bond donors (Lipinski definition) is 1. The molecule has 0 fully saturated rings. The number of nitrogens with zero attached hydrogens (tertiary/aromatic N) is 3. The first kappa shape index (κ1) is 11.7. The van der Waals surface area contributed by atoms with Crippen molar-refractivity contribution in [3.63, 3.8) is 0 Å². The van der Waals surface area contributed by atoms with Crippen molar-refractivity contribution in [1.29, 1.82) is 0 Å². The van der Waals surface area contributed by atoms with E-state index in [2.05, 4.69) is 27.9 Å². The van der Waals surface area contributed by atoms with Crippen molar-refractivity contribution in [1.82, 2.24) is 4.98 Å². The molecular weight excluding hydrogens is 236 g/mol. The van der Waals surface area contributed by atoms with Crippen LogP contribution in [0.2, 0.25) is 0 Å². The van der Waals surface area contributed by atoms with Crippen LogP contribution < -0.4 is 10.6 Å². The Labute approximate surface area is 112 Å². The highest BCUT2D eigenvalue weighted by Gasteiger charge is 2.40. The molecule has 0 aliphatic carbocycles. The Hall–Kier alpha value is -2.36. The molecule has 4 heteroatoms. The van der Waals surface area contributed by atoms with Gasteiger partial charge in [-0.25, -0.2) is 0 Å². The number of rotatable bonds is 2. The summed E-state index contributed by atoms with van der Waals surface area (Å²) >= 11 is 0. The van der Waals surface area contributed by atoms with E-state index in [0.29, 0.717) is 12.5 Å². The molecule has 0 radical (unpaired) electrons. The van der Waals surface area contributed by atoms with Gasteiger partial charge in [0.15, 0.2) is 5.96 Å². The van der Waals surface area contributed by atoms with Crippen molar-refractivity contribution < 1.29 is 0 Å². The third kappa shape index (κ3) is 1.85. The fourth-order valence-electron chi connectivity index (χ4n) is 2.53. The second-order valence-corrected chi connectivity index (χ2v) is 4.86. The molecule has 0 amide bonds. The van der Waals surface area contributed by atoms with Gasteiger partial charge in [-0.3, -0.25) is 9.98 Å². The van der Waals surface area contributed by atoms with Crippen LogP contribution in [-0.2, 0) is 5.54 Å². The smallest absolute Gasteiger partial charge is 0.196 e. The largest absolute Gasteiger partial charge is 0.369 e. The lowest BCUT2D eigenvalue weighted by Crippen LogP contribution is -2.47. The third-order valence-electron chi connectivity index (χ3n) is 3.57. The predicted molar refractivity (Wildman–Crippen MR) is 77.0 cm³/mol. The van der Waals surface area contributed by atoms with Crippen molar-refractivity contribution in [2.45, 2.75) is 12.5 Å². The second-order valence-electron chi connectivity index (χ2n) is 4.86. The van der Waals surface area contributed by atoms with Crippen molar-refractivity contribution in [2.75, 3.05) is 11.4 Å². The topological polar surface area (TPSA) is 54.5 Å². The van der Waals surface area contributed by atoms with Gasteiger partial charge in [-0.15, -0.1) is 0 Å². The normalized spacial score (nSPS) is 22.4. The lowest BCUT2D eigenvalue weighted by molar-refractivity contribution is 0.531. The Kier molecular flexibility index (Phi) is 2.71. The zero-order valence-corrected chi connectivity index (χ0v) is 10.8. The molecule has 19 heavy (non-hydrogen) atoms. The molecule has 1 aliphatic rings. The van der Waals surface area contributed by atoms with Crippen molar-refractivity contribution in [3.8, 4) is 0 Å². The molecule has 1 aliphatic heterocycles. The van der Waals surface area contributed by atoms with Gasteiger partial charge >= 0.3 is 0 Å². The molecule has 0 saturated carbocycles. The van der Waals surface area contributed by atoms with Gasteiger partial charge in [0.25, 0.3) is 0 Å². The summed E-state index contributed by atoms with van der Waals surface area (Å²) in [4.78, 5) is 10.7. The summed E-state index contributed by atoms with van der Waals surface area (Å²) < 4.78 is 0.